The highest BCUT2D eigenvalue weighted by Crippen LogP contribution is 2.28. The number of anilines is 1. The first-order chi connectivity index (χ1) is 12.6. The molecule has 1 heterocycles. The molecule has 26 heavy (non-hydrogen) atoms. The van der Waals surface area contributed by atoms with Crippen molar-refractivity contribution in [3.8, 4) is 5.75 Å². The topological polar surface area (TPSA) is 51.2 Å². The number of thioether (sulfide) groups is 1. The van der Waals surface area contributed by atoms with Gasteiger partial charge >= 0.3 is 0 Å². The quantitative estimate of drug-likeness (QED) is 0.634. The number of rotatable bonds is 6. The van der Waals surface area contributed by atoms with E-state index in [1.54, 1.807) is 7.11 Å². The third-order valence-corrected chi connectivity index (χ3v) is 5.22. The lowest BCUT2D eigenvalue weighted by atomic mass is 10.1. The van der Waals surface area contributed by atoms with Gasteiger partial charge in [0.1, 0.15) is 10.8 Å². The average Bonchev–Trinajstić information content (AvgIpc) is 2.66. The Labute approximate surface area is 158 Å². The lowest BCUT2D eigenvalue weighted by Crippen LogP contribution is -2.15. The number of benzene rings is 2. The molecule has 0 aliphatic rings. The summed E-state index contributed by atoms with van der Waals surface area (Å²) in [6.07, 6.45) is 0.882. The normalized spacial score (nSPS) is 10.7. The number of hydrogen-bond acceptors (Lipinski definition) is 4. The Balaban J connectivity index is 1.76. The lowest BCUT2D eigenvalue weighted by molar-refractivity contribution is -0.113. The van der Waals surface area contributed by atoms with Crippen molar-refractivity contribution in [1.82, 2.24) is 4.98 Å². The van der Waals surface area contributed by atoms with Gasteiger partial charge in [0.25, 0.3) is 0 Å². The number of nitrogens with zero attached hydrogens (tertiary/aromatic N) is 1. The first-order valence-electron chi connectivity index (χ1n) is 8.57. The van der Waals surface area contributed by atoms with Crippen LogP contribution in [0.15, 0.2) is 53.6 Å². The van der Waals surface area contributed by atoms with Crippen LogP contribution < -0.4 is 10.1 Å². The number of fused-ring (bicyclic) bond motifs is 1. The van der Waals surface area contributed by atoms with E-state index in [1.165, 1.54) is 11.8 Å². The average molecular weight is 366 g/mol. The Morgan fingerprint density at radius 1 is 1.19 bits per heavy atom. The number of hydrogen-bond donors (Lipinski definition) is 1. The molecular formula is C21H22N2O2S. The summed E-state index contributed by atoms with van der Waals surface area (Å²) in [5.74, 6) is 0.878. The number of carbonyl (C=O) groups excluding carboxylic acids is 1. The number of pyridine rings is 1. The third-order valence-electron chi connectivity index (χ3n) is 4.19. The molecule has 5 heteroatoms. The SMILES string of the molecule is CCc1cc2cccc(C)c2nc1SCC(=O)Nc1ccccc1OC. The molecule has 0 bridgehead atoms. The summed E-state index contributed by atoms with van der Waals surface area (Å²) in [5, 5.41) is 4.97. The fourth-order valence-corrected chi connectivity index (χ4v) is 3.70. The summed E-state index contributed by atoms with van der Waals surface area (Å²) in [6.45, 7) is 4.17. The lowest BCUT2D eigenvalue weighted by Gasteiger charge is -2.12. The molecule has 0 fully saturated rings. The molecule has 0 atom stereocenters. The van der Waals surface area contributed by atoms with Gasteiger partial charge in [-0.05, 0) is 42.7 Å². The molecule has 4 nitrogen and oxygen atoms in total. The molecule has 3 aromatic rings. The van der Waals surface area contributed by atoms with Crippen molar-refractivity contribution in [2.45, 2.75) is 25.3 Å². The minimum atomic E-state index is -0.0757. The van der Waals surface area contributed by atoms with E-state index in [0.717, 1.165) is 33.5 Å². The Hall–Kier alpha value is -2.53. The van der Waals surface area contributed by atoms with Crippen LogP contribution >= 0.6 is 11.8 Å². The molecule has 1 amide bonds. The van der Waals surface area contributed by atoms with Crippen molar-refractivity contribution in [3.63, 3.8) is 0 Å². The van der Waals surface area contributed by atoms with E-state index in [2.05, 4.69) is 37.4 Å². The molecule has 0 radical (unpaired) electrons. The molecule has 134 valence electrons. The molecule has 2 aromatic carbocycles. The largest absolute Gasteiger partial charge is 0.495 e. The molecular weight excluding hydrogens is 344 g/mol. The number of para-hydroxylation sites is 3. The number of methoxy groups -OCH3 is 1. The Morgan fingerprint density at radius 2 is 2.00 bits per heavy atom. The van der Waals surface area contributed by atoms with Gasteiger partial charge in [-0.1, -0.05) is 49.0 Å². The van der Waals surface area contributed by atoms with Crippen molar-refractivity contribution >= 4 is 34.3 Å². The van der Waals surface area contributed by atoms with Gasteiger partial charge in [0, 0.05) is 5.39 Å². The molecule has 0 spiro atoms. The minimum Gasteiger partial charge on any atom is -0.495 e. The summed E-state index contributed by atoms with van der Waals surface area (Å²) in [4.78, 5) is 17.2. The standard InChI is InChI=1S/C21H22N2O2S/c1-4-15-12-16-9-7-8-14(2)20(16)23-21(15)26-13-19(24)22-17-10-5-6-11-18(17)25-3/h5-12H,4,13H2,1-3H3,(H,22,24). The second kappa shape index (κ2) is 8.23. The van der Waals surface area contributed by atoms with Crippen molar-refractivity contribution in [2.75, 3.05) is 18.2 Å². The molecule has 0 saturated carbocycles. The van der Waals surface area contributed by atoms with E-state index in [-0.39, 0.29) is 5.91 Å². The highest BCUT2D eigenvalue weighted by atomic mass is 32.2. The van der Waals surface area contributed by atoms with Crippen LogP contribution in [0, 0.1) is 6.92 Å². The van der Waals surface area contributed by atoms with Crippen LogP contribution in [-0.4, -0.2) is 23.8 Å². The molecule has 1 N–H and O–H groups in total. The van der Waals surface area contributed by atoms with Crippen molar-refractivity contribution in [3.05, 3.63) is 59.7 Å². The highest BCUT2D eigenvalue weighted by molar-refractivity contribution is 8.00. The van der Waals surface area contributed by atoms with E-state index in [1.807, 2.05) is 30.3 Å². The second-order valence-corrected chi connectivity index (χ2v) is 6.95. The molecule has 3 rings (SSSR count). The van der Waals surface area contributed by atoms with Crippen molar-refractivity contribution in [2.24, 2.45) is 0 Å². The van der Waals surface area contributed by atoms with E-state index in [9.17, 15) is 4.79 Å². The van der Waals surface area contributed by atoms with E-state index < -0.39 is 0 Å². The summed E-state index contributed by atoms with van der Waals surface area (Å²) < 4.78 is 5.27. The molecule has 0 unspecified atom stereocenters. The number of amides is 1. The fourth-order valence-electron chi connectivity index (χ4n) is 2.82. The van der Waals surface area contributed by atoms with Gasteiger partial charge in [0.15, 0.2) is 0 Å². The van der Waals surface area contributed by atoms with Crippen molar-refractivity contribution < 1.29 is 9.53 Å². The van der Waals surface area contributed by atoms with Gasteiger partial charge in [0.2, 0.25) is 5.91 Å². The van der Waals surface area contributed by atoms with Gasteiger partial charge < -0.3 is 10.1 Å². The number of aryl methyl sites for hydroxylation is 2. The zero-order valence-corrected chi connectivity index (χ0v) is 16.0. The predicted octanol–water partition coefficient (Wildman–Crippen LogP) is 4.85. The summed E-state index contributed by atoms with van der Waals surface area (Å²) >= 11 is 1.47. The van der Waals surface area contributed by atoms with E-state index in [0.29, 0.717) is 17.2 Å². The summed E-state index contributed by atoms with van der Waals surface area (Å²) in [7, 11) is 1.59. The van der Waals surface area contributed by atoms with Crippen LogP contribution in [0.4, 0.5) is 5.69 Å². The summed E-state index contributed by atoms with van der Waals surface area (Å²) in [5.41, 5.74) is 3.99. The van der Waals surface area contributed by atoms with Gasteiger partial charge in [-0.15, -0.1) is 0 Å². The molecule has 0 saturated heterocycles. The first kappa shape index (κ1) is 18.3. The number of ether oxygens (including phenoxy) is 1. The van der Waals surface area contributed by atoms with Crippen LogP contribution in [0.3, 0.4) is 0 Å². The van der Waals surface area contributed by atoms with E-state index in [4.69, 9.17) is 9.72 Å². The smallest absolute Gasteiger partial charge is 0.234 e. The van der Waals surface area contributed by atoms with Crippen LogP contribution in [0.2, 0.25) is 0 Å². The van der Waals surface area contributed by atoms with Crippen LogP contribution in [-0.2, 0) is 11.2 Å². The first-order valence-corrected chi connectivity index (χ1v) is 9.56. The maximum absolute atomic E-state index is 12.4. The molecule has 0 aliphatic heterocycles. The molecule has 1 aromatic heterocycles. The van der Waals surface area contributed by atoms with Crippen LogP contribution in [0.25, 0.3) is 10.9 Å². The van der Waals surface area contributed by atoms with Gasteiger partial charge in [0.05, 0.1) is 24.1 Å². The number of nitrogens with one attached hydrogen (secondary N) is 1. The predicted molar refractivity (Wildman–Crippen MR) is 108 cm³/mol. The second-order valence-electron chi connectivity index (χ2n) is 5.99. The molecule has 0 aliphatic carbocycles. The maximum Gasteiger partial charge on any atom is 0.234 e. The minimum absolute atomic E-state index is 0.0757. The number of carbonyl (C=O) groups is 1. The van der Waals surface area contributed by atoms with E-state index >= 15 is 0 Å². The summed E-state index contributed by atoms with van der Waals surface area (Å²) in [6, 6.07) is 15.8. The Morgan fingerprint density at radius 3 is 2.77 bits per heavy atom. The Bertz CT molecular complexity index is 940. The van der Waals surface area contributed by atoms with Crippen molar-refractivity contribution in [1.29, 1.82) is 0 Å². The number of aromatic nitrogens is 1. The maximum atomic E-state index is 12.4. The van der Waals surface area contributed by atoms with Gasteiger partial charge in [-0.3, -0.25) is 4.79 Å². The zero-order chi connectivity index (χ0) is 18.5. The van der Waals surface area contributed by atoms with Crippen LogP contribution in [0.1, 0.15) is 18.1 Å². The highest BCUT2D eigenvalue weighted by Gasteiger charge is 2.12. The van der Waals surface area contributed by atoms with Crippen LogP contribution in [0.5, 0.6) is 5.75 Å². The monoisotopic (exact) mass is 366 g/mol. The zero-order valence-electron chi connectivity index (χ0n) is 15.2. The fraction of sp³-hybridized carbons (Fsp3) is 0.238. The van der Waals surface area contributed by atoms with Gasteiger partial charge in [-0.2, -0.15) is 0 Å². The third kappa shape index (κ3) is 3.99. The Kier molecular flexibility index (Phi) is 5.78. The van der Waals surface area contributed by atoms with Gasteiger partial charge in [-0.25, -0.2) is 4.98 Å².